The lowest BCUT2D eigenvalue weighted by Gasteiger charge is -2.34. The summed E-state index contributed by atoms with van der Waals surface area (Å²) in [6.07, 6.45) is 0. The molecule has 68 valence electrons. The Bertz CT molecular complexity index is 114. The maximum absolute atomic E-state index is 5.09. The first-order valence-corrected chi connectivity index (χ1v) is 4.16. The maximum atomic E-state index is 5.09. The van der Waals surface area contributed by atoms with Crippen molar-refractivity contribution in [3.05, 3.63) is 0 Å². The molecule has 0 radical (unpaired) electrons. The summed E-state index contributed by atoms with van der Waals surface area (Å²) >= 11 is 0. The van der Waals surface area contributed by atoms with E-state index in [2.05, 4.69) is 24.2 Å². The summed E-state index contributed by atoms with van der Waals surface area (Å²) in [6, 6.07) is 1.10. The van der Waals surface area contributed by atoms with Gasteiger partial charge in [-0.05, 0) is 14.0 Å². The van der Waals surface area contributed by atoms with Gasteiger partial charge in [-0.25, -0.2) is 0 Å². The van der Waals surface area contributed by atoms with Crippen LogP contribution < -0.4 is 5.32 Å². The summed E-state index contributed by atoms with van der Waals surface area (Å²) < 4.78 is 5.09. The Hall–Kier alpha value is -0.120. The molecule has 11 heavy (non-hydrogen) atoms. The van der Waals surface area contributed by atoms with Crippen molar-refractivity contribution in [3.8, 4) is 0 Å². The van der Waals surface area contributed by atoms with E-state index in [-0.39, 0.29) is 1.43 Å². The van der Waals surface area contributed by atoms with E-state index in [1.54, 1.807) is 7.11 Å². The molecule has 0 aliphatic carbocycles. The molecule has 0 bridgehead atoms. The minimum absolute atomic E-state index is 0. The number of rotatable bonds is 2. The summed E-state index contributed by atoms with van der Waals surface area (Å²) in [5.74, 6) is 0. The standard InChI is InChI=1S/C8H18N2O.H2/c1-7-4-10(2)5-8(9-7)6-11-3;/h7-9H,4-6H2,1-3H3;1H/t7-,8+;/m0./s1. The minimum atomic E-state index is 0. The molecule has 1 aliphatic rings. The quantitative estimate of drug-likeness (QED) is 0.623. The molecule has 1 saturated heterocycles. The van der Waals surface area contributed by atoms with Crippen LogP contribution >= 0.6 is 0 Å². The Kier molecular flexibility index (Phi) is 3.30. The Labute approximate surface area is 70.2 Å². The van der Waals surface area contributed by atoms with E-state index in [1.165, 1.54) is 0 Å². The number of nitrogens with zero attached hydrogens (tertiary/aromatic N) is 1. The molecule has 0 unspecified atom stereocenters. The average Bonchev–Trinajstić information content (AvgIpc) is 1.85. The summed E-state index contributed by atoms with van der Waals surface area (Å²) in [7, 11) is 3.90. The molecule has 1 N–H and O–H groups in total. The van der Waals surface area contributed by atoms with Gasteiger partial charge in [0.1, 0.15) is 0 Å². The Morgan fingerprint density at radius 2 is 2.36 bits per heavy atom. The van der Waals surface area contributed by atoms with Gasteiger partial charge in [-0.15, -0.1) is 0 Å². The third-order valence-corrected chi connectivity index (χ3v) is 2.01. The highest BCUT2D eigenvalue weighted by atomic mass is 16.5. The number of hydrogen-bond acceptors (Lipinski definition) is 3. The zero-order chi connectivity index (χ0) is 8.27. The summed E-state index contributed by atoms with van der Waals surface area (Å²) in [5, 5.41) is 3.48. The lowest BCUT2D eigenvalue weighted by Crippen LogP contribution is -2.55. The van der Waals surface area contributed by atoms with Crippen LogP contribution in [0.2, 0.25) is 0 Å². The zero-order valence-electron chi connectivity index (χ0n) is 7.63. The average molecular weight is 160 g/mol. The Balaban J connectivity index is 0.00000121. The molecule has 1 aliphatic heterocycles. The van der Waals surface area contributed by atoms with Crippen LogP contribution in [0.4, 0.5) is 0 Å². The van der Waals surface area contributed by atoms with Crippen LogP contribution in [0.15, 0.2) is 0 Å². The van der Waals surface area contributed by atoms with Gasteiger partial charge in [0, 0.05) is 33.7 Å². The molecule has 3 heteroatoms. The van der Waals surface area contributed by atoms with Crippen molar-refractivity contribution in [3.63, 3.8) is 0 Å². The molecule has 1 heterocycles. The van der Waals surface area contributed by atoms with Crippen LogP contribution in [0.3, 0.4) is 0 Å². The molecule has 3 nitrogen and oxygen atoms in total. The number of methoxy groups -OCH3 is 1. The highest BCUT2D eigenvalue weighted by molar-refractivity contribution is 4.81. The van der Waals surface area contributed by atoms with Crippen molar-refractivity contribution in [1.29, 1.82) is 0 Å². The molecule has 1 fully saturated rings. The number of nitrogens with one attached hydrogen (secondary N) is 1. The minimum Gasteiger partial charge on any atom is -0.383 e. The predicted molar refractivity (Wildman–Crippen MR) is 47.9 cm³/mol. The van der Waals surface area contributed by atoms with E-state index in [0.717, 1.165) is 19.7 Å². The van der Waals surface area contributed by atoms with Crippen molar-refractivity contribution in [2.24, 2.45) is 0 Å². The molecule has 0 aromatic heterocycles. The Morgan fingerprint density at radius 3 is 2.91 bits per heavy atom. The van der Waals surface area contributed by atoms with Crippen molar-refractivity contribution in [2.45, 2.75) is 19.0 Å². The molecular weight excluding hydrogens is 140 g/mol. The number of likely N-dealkylation sites (N-methyl/N-ethyl adjacent to an activating group) is 1. The SMILES string of the molecule is COC[C@H]1CN(C)C[C@H](C)N1.[HH]. The van der Waals surface area contributed by atoms with Gasteiger partial charge in [-0.3, -0.25) is 0 Å². The van der Waals surface area contributed by atoms with Gasteiger partial charge in [0.05, 0.1) is 6.61 Å². The number of piperazine rings is 1. The fraction of sp³-hybridized carbons (Fsp3) is 1.00. The first-order valence-electron chi connectivity index (χ1n) is 4.16. The van der Waals surface area contributed by atoms with E-state index in [4.69, 9.17) is 4.74 Å². The topological polar surface area (TPSA) is 24.5 Å². The van der Waals surface area contributed by atoms with E-state index in [1.807, 2.05) is 0 Å². The largest absolute Gasteiger partial charge is 0.383 e. The second kappa shape index (κ2) is 4.04. The van der Waals surface area contributed by atoms with Gasteiger partial charge >= 0.3 is 0 Å². The second-order valence-corrected chi connectivity index (χ2v) is 3.44. The first kappa shape index (κ1) is 8.97. The van der Waals surface area contributed by atoms with Gasteiger partial charge < -0.3 is 15.0 Å². The van der Waals surface area contributed by atoms with Crippen molar-refractivity contribution in [2.75, 3.05) is 33.9 Å². The number of hydrogen-bond donors (Lipinski definition) is 1. The van der Waals surface area contributed by atoms with Crippen molar-refractivity contribution < 1.29 is 6.16 Å². The molecule has 2 atom stereocenters. The highest BCUT2D eigenvalue weighted by Gasteiger charge is 2.20. The molecule has 0 spiro atoms. The lowest BCUT2D eigenvalue weighted by atomic mass is 10.1. The Morgan fingerprint density at radius 1 is 1.64 bits per heavy atom. The monoisotopic (exact) mass is 160 g/mol. The van der Waals surface area contributed by atoms with Crippen LogP contribution in [-0.2, 0) is 4.74 Å². The third-order valence-electron chi connectivity index (χ3n) is 2.01. The van der Waals surface area contributed by atoms with Crippen molar-refractivity contribution >= 4 is 0 Å². The molecular formula is C8H20N2O. The lowest BCUT2D eigenvalue weighted by molar-refractivity contribution is 0.111. The fourth-order valence-corrected chi connectivity index (χ4v) is 1.73. The van der Waals surface area contributed by atoms with E-state index in [9.17, 15) is 0 Å². The van der Waals surface area contributed by atoms with Crippen LogP contribution in [0, 0.1) is 0 Å². The van der Waals surface area contributed by atoms with Gasteiger partial charge in [0.25, 0.3) is 0 Å². The molecule has 0 saturated carbocycles. The zero-order valence-corrected chi connectivity index (χ0v) is 7.63. The maximum Gasteiger partial charge on any atom is 0.0628 e. The normalized spacial score (nSPS) is 34.1. The van der Waals surface area contributed by atoms with Gasteiger partial charge in [-0.2, -0.15) is 0 Å². The third kappa shape index (κ3) is 2.77. The van der Waals surface area contributed by atoms with Crippen LogP contribution in [0.5, 0.6) is 0 Å². The van der Waals surface area contributed by atoms with E-state index < -0.39 is 0 Å². The molecule has 1 rings (SSSR count). The fourth-order valence-electron chi connectivity index (χ4n) is 1.73. The van der Waals surface area contributed by atoms with Crippen LogP contribution in [0.25, 0.3) is 0 Å². The summed E-state index contributed by atoms with van der Waals surface area (Å²) in [4.78, 5) is 2.34. The predicted octanol–water partition coefficient (Wildman–Crippen LogP) is 0.171. The summed E-state index contributed by atoms with van der Waals surface area (Å²) in [5.41, 5.74) is 0. The van der Waals surface area contributed by atoms with Gasteiger partial charge in [0.2, 0.25) is 0 Å². The smallest absolute Gasteiger partial charge is 0.0628 e. The number of ether oxygens (including phenoxy) is 1. The first-order chi connectivity index (χ1) is 5.22. The molecule has 0 aromatic carbocycles. The second-order valence-electron chi connectivity index (χ2n) is 3.44. The highest BCUT2D eigenvalue weighted by Crippen LogP contribution is 2.01. The van der Waals surface area contributed by atoms with E-state index >= 15 is 0 Å². The summed E-state index contributed by atoms with van der Waals surface area (Å²) in [6.45, 7) is 5.26. The molecule has 0 amide bonds. The van der Waals surface area contributed by atoms with Gasteiger partial charge in [0.15, 0.2) is 0 Å². The van der Waals surface area contributed by atoms with Gasteiger partial charge in [-0.1, -0.05) is 0 Å². The molecule has 0 aromatic rings. The van der Waals surface area contributed by atoms with Crippen LogP contribution in [0.1, 0.15) is 8.35 Å². The van der Waals surface area contributed by atoms with Crippen molar-refractivity contribution in [1.82, 2.24) is 10.2 Å². The van der Waals surface area contributed by atoms with Crippen LogP contribution in [-0.4, -0.2) is 50.8 Å². The van der Waals surface area contributed by atoms with E-state index in [0.29, 0.717) is 12.1 Å².